The molecule has 4 rings (SSSR count). The summed E-state index contributed by atoms with van der Waals surface area (Å²) in [4.78, 5) is 11.8. The number of phenols is 1. The Labute approximate surface area is 160 Å². The van der Waals surface area contributed by atoms with Crippen molar-refractivity contribution in [3.63, 3.8) is 0 Å². The van der Waals surface area contributed by atoms with Crippen LogP contribution in [0.25, 0.3) is 32.3 Å². The monoisotopic (exact) mass is 396 g/mol. The molecule has 0 amide bonds. The van der Waals surface area contributed by atoms with Gasteiger partial charge in [0.15, 0.2) is 0 Å². The largest absolute Gasteiger partial charge is 0.507 e. The van der Waals surface area contributed by atoms with Crippen molar-refractivity contribution < 1.29 is 27.6 Å². The molecule has 0 aliphatic rings. The van der Waals surface area contributed by atoms with Crippen LogP contribution in [-0.2, 0) is 14.9 Å². The van der Waals surface area contributed by atoms with Gasteiger partial charge in [-0.2, -0.15) is 8.42 Å². The molecule has 4 aromatic carbocycles. The number of hydrogen-bond donors (Lipinski definition) is 2. The van der Waals surface area contributed by atoms with Gasteiger partial charge in [0.05, 0.1) is 0 Å². The third kappa shape index (κ3) is 2.59. The smallest absolute Gasteiger partial charge is 0.338 e. The molecule has 0 aliphatic heterocycles. The average Bonchev–Trinajstić information content (AvgIpc) is 2.61. The van der Waals surface area contributed by atoms with Gasteiger partial charge in [0.1, 0.15) is 16.4 Å². The number of carbonyl (C=O) groups is 1. The molecule has 4 aromatic rings. The van der Waals surface area contributed by atoms with Crippen molar-refractivity contribution in [2.24, 2.45) is 0 Å². The lowest BCUT2D eigenvalue weighted by Crippen LogP contribution is -2.08. The normalized spacial score (nSPS) is 12.1. The molecule has 0 saturated heterocycles. The van der Waals surface area contributed by atoms with E-state index in [9.17, 15) is 22.9 Å². The highest BCUT2D eigenvalue weighted by Gasteiger charge is 2.22. The van der Waals surface area contributed by atoms with E-state index in [1.165, 1.54) is 19.1 Å². The van der Waals surface area contributed by atoms with Crippen LogP contribution in [0.1, 0.15) is 12.5 Å². The summed E-state index contributed by atoms with van der Waals surface area (Å²) < 4.78 is 38.9. The second-order valence-corrected chi connectivity index (χ2v) is 8.19. The van der Waals surface area contributed by atoms with E-state index in [0.29, 0.717) is 32.5 Å². The van der Waals surface area contributed by atoms with E-state index >= 15 is 0 Å². The van der Waals surface area contributed by atoms with E-state index < -0.39 is 16.1 Å². The number of rotatable bonds is 3. The summed E-state index contributed by atoms with van der Waals surface area (Å²) in [5.41, 5.74) is 0.855. The Morgan fingerprint density at radius 1 is 1.00 bits per heavy atom. The SMILES string of the molecule is C=C(C)C(=O)Oc1cc(O)c2ccc3c(C)cc(S(=O)(=O)O)c4ccc1c2c34. The average molecular weight is 396 g/mol. The van der Waals surface area contributed by atoms with Crippen LogP contribution in [0, 0.1) is 6.92 Å². The highest BCUT2D eigenvalue weighted by atomic mass is 32.2. The Kier molecular flexibility index (Phi) is 3.85. The highest BCUT2D eigenvalue weighted by Crippen LogP contribution is 2.45. The molecule has 0 bridgehead atoms. The molecule has 7 heteroatoms. The maximum absolute atomic E-state index is 12.0. The van der Waals surface area contributed by atoms with E-state index in [0.717, 1.165) is 5.39 Å². The summed E-state index contributed by atoms with van der Waals surface area (Å²) in [6, 6.07) is 9.44. The van der Waals surface area contributed by atoms with E-state index in [-0.39, 0.29) is 22.0 Å². The van der Waals surface area contributed by atoms with Crippen molar-refractivity contribution in [3.05, 3.63) is 54.1 Å². The van der Waals surface area contributed by atoms with Gasteiger partial charge in [-0.25, -0.2) is 4.79 Å². The molecule has 2 N–H and O–H groups in total. The van der Waals surface area contributed by atoms with Crippen molar-refractivity contribution in [2.45, 2.75) is 18.7 Å². The van der Waals surface area contributed by atoms with Gasteiger partial charge in [-0.1, -0.05) is 18.7 Å². The Hall–Kier alpha value is -3.16. The van der Waals surface area contributed by atoms with E-state index in [2.05, 4.69) is 6.58 Å². The predicted octanol–water partition coefficient (Wildman–Crippen LogP) is 4.33. The Balaban J connectivity index is 2.22. The fourth-order valence-electron chi connectivity index (χ4n) is 3.56. The number of aromatic hydroxyl groups is 1. The van der Waals surface area contributed by atoms with Gasteiger partial charge in [-0.15, -0.1) is 0 Å². The zero-order chi connectivity index (χ0) is 20.4. The minimum absolute atomic E-state index is 0.110. The molecule has 0 spiro atoms. The predicted molar refractivity (Wildman–Crippen MR) is 107 cm³/mol. The van der Waals surface area contributed by atoms with Gasteiger partial charge < -0.3 is 9.84 Å². The summed E-state index contributed by atoms with van der Waals surface area (Å²) >= 11 is 0. The van der Waals surface area contributed by atoms with Crippen molar-refractivity contribution in [2.75, 3.05) is 0 Å². The zero-order valence-electron chi connectivity index (χ0n) is 15.1. The first-order valence-electron chi connectivity index (χ1n) is 8.39. The van der Waals surface area contributed by atoms with Crippen molar-refractivity contribution in [1.29, 1.82) is 0 Å². The molecular weight excluding hydrogens is 380 g/mol. The van der Waals surface area contributed by atoms with Crippen LogP contribution in [0.2, 0.25) is 0 Å². The molecule has 0 heterocycles. The summed E-state index contributed by atoms with van der Waals surface area (Å²) in [6.45, 7) is 6.81. The quantitative estimate of drug-likeness (QED) is 0.176. The number of aryl methyl sites for hydroxylation is 1. The van der Waals surface area contributed by atoms with E-state index in [4.69, 9.17) is 4.74 Å². The molecule has 0 unspecified atom stereocenters. The van der Waals surface area contributed by atoms with Crippen LogP contribution in [0.4, 0.5) is 0 Å². The third-order valence-electron chi connectivity index (χ3n) is 4.84. The maximum Gasteiger partial charge on any atom is 0.338 e. The van der Waals surface area contributed by atoms with Gasteiger partial charge in [-0.3, -0.25) is 4.55 Å². The van der Waals surface area contributed by atoms with Crippen LogP contribution < -0.4 is 4.74 Å². The molecule has 0 aliphatic carbocycles. The number of ether oxygens (including phenoxy) is 1. The maximum atomic E-state index is 12.0. The highest BCUT2D eigenvalue weighted by molar-refractivity contribution is 7.86. The molecule has 142 valence electrons. The minimum Gasteiger partial charge on any atom is -0.507 e. The molecule has 0 aromatic heterocycles. The second kappa shape index (κ2) is 5.92. The number of hydrogen-bond acceptors (Lipinski definition) is 5. The summed E-state index contributed by atoms with van der Waals surface area (Å²) in [6.07, 6.45) is 0. The van der Waals surface area contributed by atoms with Crippen molar-refractivity contribution >= 4 is 48.4 Å². The van der Waals surface area contributed by atoms with E-state index in [1.807, 2.05) is 0 Å². The fourth-order valence-corrected chi connectivity index (χ4v) is 4.34. The van der Waals surface area contributed by atoms with Crippen LogP contribution >= 0.6 is 0 Å². The van der Waals surface area contributed by atoms with Gasteiger partial charge in [-0.05, 0) is 48.4 Å². The molecular formula is C21H16O6S. The van der Waals surface area contributed by atoms with Crippen molar-refractivity contribution in [1.82, 2.24) is 0 Å². The lowest BCUT2D eigenvalue weighted by molar-refractivity contribution is -0.129. The molecule has 0 atom stereocenters. The molecule has 0 fully saturated rings. The Bertz CT molecular complexity index is 1420. The molecule has 28 heavy (non-hydrogen) atoms. The Morgan fingerprint density at radius 3 is 2.21 bits per heavy atom. The van der Waals surface area contributed by atoms with Crippen LogP contribution in [0.5, 0.6) is 11.5 Å². The third-order valence-corrected chi connectivity index (χ3v) is 5.73. The van der Waals surface area contributed by atoms with Gasteiger partial charge in [0.25, 0.3) is 10.1 Å². The number of carbonyl (C=O) groups excluding carboxylic acids is 1. The van der Waals surface area contributed by atoms with Crippen molar-refractivity contribution in [3.8, 4) is 11.5 Å². The number of esters is 1. The first kappa shape index (κ1) is 18.2. The van der Waals surface area contributed by atoms with E-state index in [1.54, 1.807) is 31.2 Å². The topological polar surface area (TPSA) is 101 Å². The molecule has 0 saturated carbocycles. The first-order chi connectivity index (χ1) is 13.1. The van der Waals surface area contributed by atoms with Crippen LogP contribution in [0.15, 0.2) is 53.4 Å². The number of phenolic OH excluding ortho intramolecular Hbond substituents is 1. The second-order valence-electron chi connectivity index (χ2n) is 6.80. The zero-order valence-corrected chi connectivity index (χ0v) is 15.9. The standard InChI is InChI=1S/C21H16O6S/c1-10(2)21(23)27-17-9-16(22)13-5-4-12-11(3)8-18(28(24,25)26)15-7-6-14(17)20(13)19(12)15/h4-9,22H,1H2,2-3H3,(H,24,25,26). The Morgan fingerprint density at radius 2 is 1.57 bits per heavy atom. The van der Waals surface area contributed by atoms with Gasteiger partial charge in [0.2, 0.25) is 0 Å². The van der Waals surface area contributed by atoms with Gasteiger partial charge in [0, 0.05) is 33.2 Å². The summed E-state index contributed by atoms with van der Waals surface area (Å²) in [7, 11) is -4.46. The van der Waals surface area contributed by atoms with Crippen LogP contribution in [-0.4, -0.2) is 24.0 Å². The lowest BCUT2D eigenvalue weighted by atomic mass is 9.91. The van der Waals surface area contributed by atoms with Crippen LogP contribution in [0.3, 0.4) is 0 Å². The summed E-state index contributed by atoms with van der Waals surface area (Å²) in [5.74, 6) is -0.604. The number of benzene rings is 4. The first-order valence-corrected chi connectivity index (χ1v) is 9.83. The van der Waals surface area contributed by atoms with Gasteiger partial charge >= 0.3 is 5.97 Å². The molecule has 0 radical (unpaired) electrons. The molecule has 6 nitrogen and oxygen atoms in total. The fraction of sp³-hybridized carbons (Fsp3) is 0.0952. The lowest BCUT2D eigenvalue weighted by Gasteiger charge is -2.17. The minimum atomic E-state index is -4.46. The summed E-state index contributed by atoms with van der Waals surface area (Å²) in [5, 5.41) is 13.7.